The van der Waals surface area contributed by atoms with Gasteiger partial charge < -0.3 is 19.9 Å². The van der Waals surface area contributed by atoms with Gasteiger partial charge in [0.05, 0.1) is 19.6 Å². The van der Waals surface area contributed by atoms with Crippen LogP contribution in [0, 0.1) is 0 Å². The molecule has 2 N–H and O–H groups in total. The van der Waals surface area contributed by atoms with Crippen molar-refractivity contribution >= 4 is 18.0 Å². The summed E-state index contributed by atoms with van der Waals surface area (Å²) in [5.74, 6) is -0.919. The molecule has 1 aliphatic heterocycles. The number of aliphatic carboxylic acids is 1. The zero-order chi connectivity index (χ0) is 24.2. The molecule has 0 saturated carbocycles. The largest absolute Gasteiger partial charge is 0.497 e. The number of fused-ring (bicyclic) bond motifs is 1. The van der Waals surface area contributed by atoms with Gasteiger partial charge in [0, 0.05) is 13.0 Å². The highest BCUT2D eigenvalue weighted by Gasteiger charge is 2.37. The van der Waals surface area contributed by atoms with E-state index in [1.165, 1.54) is 4.90 Å². The lowest BCUT2D eigenvalue weighted by atomic mass is 10.0. The van der Waals surface area contributed by atoms with Gasteiger partial charge in [0.2, 0.25) is 5.91 Å². The Kier molecular flexibility index (Phi) is 7.26. The van der Waals surface area contributed by atoms with Gasteiger partial charge in [-0.25, -0.2) is 9.59 Å². The van der Waals surface area contributed by atoms with Crippen molar-refractivity contribution in [2.24, 2.45) is 0 Å². The summed E-state index contributed by atoms with van der Waals surface area (Å²) in [6.07, 6.45) is -0.449. The highest BCUT2D eigenvalue weighted by molar-refractivity contribution is 5.85. The number of carbonyl (C=O) groups is 3. The molecular formula is C25H30N2O6. The minimum atomic E-state index is -1.13. The van der Waals surface area contributed by atoms with Crippen LogP contribution in [0.2, 0.25) is 0 Å². The maximum absolute atomic E-state index is 12.9. The van der Waals surface area contributed by atoms with Gasteiger partial charge in [-0.15, -0.1) is 0 Å². The second-order valence-corrected chi connectivity index (χ2v) is 9.04. The van der Waals surface area contributed by atoms with Gasteiger partial charge in [-0.05, 0) is 49.6 Å². The topological polar surface area (TPSA) is 105 Å². The minimum absolute atomic E-state index is 0.0668. The predicted molar refractivity (Wildman–Crippen MR) is 122 cm³/mol. The number of nitrogens with one attached hydrogen (secondary N) is 1. The number of nitrogens with zero attached hydrogens (tertiary/aromatic N) is 1. The van der Waals surface area contributed by atoms with Crippen LogP contribution in [-0.2, 0) is 27.3 Å². The number of amides is 2. The first-order valence-electron chi connectivity index (χ1n) is 10.8. The Balaban J connectivity index is 1.73. The molecule has 8 nitrogen and oxygen atoms in total. The molecule has 2 aromatic carbocycles. The van der Waals surface area contributed by atoms with Crippen LogP contribution in [0.25, 0.3) is 0 Å². The summed E-state index contributed by atoms with van der Waals surface area (Å²) >= 11 is 0. The third-order valence-electron chi connectivity index (χ3n) is 5.37. The second-order valence-electron chi connectivity index (χ2n) is 9.04. The zero-order valence-corrected chi connectivity index (χ0v) is 19.3. The van der Waals surface area contributed by atoms with Crippen molar-refractivity contribution in [3.05, 3.63) is 65.2 Å². The molecule has 0 aromatic heterocycles. The van der Waals surface area contributed by atoms with Gasteiger partial charge in [-0.2, -0.15) is 0 Å². The Bertz CT molecular complexity index is 1010. The van der Waals surface area contributed by atoms with E-state index in [1.807, 2.05) is 24.3 Å². The summed E-state index contributed by atoms with van der Waals surface area (Å²) in [5.41, 5.74) is 1.88. The van der Waals surface area contributed by atoms with Crippen molar-refractivity contribution in [2.75, 3.05) is 7.11 Å². The normalized spacial score (nSPS) is 16.0. The van der Waals surface area contributed by atoms with Crippen molar-refractivity contribution in [3.8, 4) is 5.75 Å². The molecule has 0 fully saturated rings. The Morgan fingerprint density at radius 2 is 1.79 bits per heavy atom. The molecule has 0 bridgehead atoms. The Hall–Kier alpha value is -3.55. The molecule has 0 spiro atoms. The van der Waals surface area contributed by atoms with Gasteiger partial charge in [-0.1, -0.05) is 36.4 Å². The SMILES string of the molecule is COc1ccc(C[C@@H](NC(=O)CC2c3ccccc3CN2C(=O)OC(C)(C)C)C(=O)O)cc1. The summed E-state index contributed by atoms with van der Waals surface area (Å²) in [5, 5.41) is 12.3. The van der Waals surface area contributed by atoms with Crippen LogP contribution in [0.15, 0.2) is 48.5 Å². The second kappa shape index (κ2) is 9.94. The van der Waals surface area contributed by atoms with E-state index in [1.54, 1.807) is 52.1 Å². The lowest BCUT2D eigenvalue weighted by Crippen LogP contribution is -2.44. The lowest BCUT2D eigenvalue weighted by molar-refractivity contribution is -0.142. The number of carboxylic acid groups (broad SMARTS) is 1. The molecule has 176 valence electrons. The fraction of sp³-hybridized carbons (Fsp3) is 0.400. The lowest BCUT2D eigenvalue weighted by Gasteiger charge is -2.29. The van der Waals surface area contributed by atoms with E-state index in [-0.39, 0.29) is 12.8 Å². The average molecular weight is 455 g/mol. The maximum atomic E-state index is 12.9. The molecule has 2 aromatic rings. The van der Waals surface area contributed by atoms with Crippen LogP contribution >= 0.6 is 0 Å². The van der Waals surface area contributed by atoms with Crippen LogP contribution < -0.4 is 10.1 Å². The number of carboxylic acids is 1. The van der Waals surface area contributed by atoms with Crippen LogP contribution in [0.3, 0.4) is 0 Å². The van der Waals surface area contributed by atoms with Gasteiger partial charge in [0.1, 0.15) is 17.4 Å². The molecule has 3 rings (SSSR count). The average Bonchev–Trinajstić information content (AvgIpc) is 3.11. The third-order valence-corrected chi connectivity index (χ3v) is 5.37. The highest BCUT2D eigenvalue weighted by atomic mass is 16.6. The summed E-state index contributed by atoms with van der Waals surface area (Å²) in [6.45, 7) is 5.68. The van der Waals surface area contributed by atoms with E-state index in [0.717, 1.165) is 16.7 Å². The smallest absolute Gasteiger partial charge is 0.411 e. The van der Waals surface area contributed by atoms with Gasteiger partial charge in [-0.3, -0.25) is 9.69 Å². The number of hydrogen-bond donors (Lipinski definition) is 2. The molecule has 0 radical (unpaired) electrons. The maximum Gasteiger partial charge on any atom is 0.411 e. The Labute approximate surface area is 193 Å². The summed E-state index contributed by atoms with van der Waals surface area (Å²) < 4.78 is 10.7. The molecule has 8 heteroatoms. The third kappa shape index (κ3) is 6.25. The summed E-state index contributed by atoms with van der Waals surface area (Å²) in [4.78, 5) is 39.0. The van der Waals surface area contributed by atoms with E-state index in [9.17, 15) is 19.5 Å². The first-order chi connectivity index (χ1) is 15.6. The number of methoxy groups -OCH3 is 1. The minimum Gasteiger partial charge on any atom is -0.497 e. The highest BCUT2D eigenvalue weighted by Crippen LogP contribution is 2.37. The van der Waals surface area contributed by atoms with Crippen molar-refractivity contribution in [3.63, 3.8) is 0 Å². The fourth-order valence-corrected chi connectivity index (χ4v) is 3.82. The predicted octanol–water partition coefficient (Wildman–Crippen LogP) is 3.69. The van der Waals surface area contributed by atoms with E-state index in [4.69, 9.17) is 9.47 Å². The quantitative estimate of drug-likeness (QED) is 0.661. The molecule has 33 heavy (non-hydrogen) atoms. The standard InChI is InChI=1S/C25H30N2O6/c1-25(2,3)33-24(31)27-15-17-7-5-6-8-19(17)21(27)14-22(28)26-20(23(29)30)13-16-9-11-18(32-4)12-10-16/h5-12,20-21H,13-15H2,1-4H3,(H,26,28)(H,29,30)/t20-,21?/m1/s1. The van der Waals surface area contributed by atoms with Crippen LogP contribution in [0.1, 0.15) is 49.9 Å². The van der Waals surface area contributed by atoms with E-state index in [2.05, 4.69) is 5.32 Å². The Morgan fingerprint density at radius 3 is 2.39 bits per heavy atom. The molecule has 2 atom stereocenters. The van der Waals surface area contributed by atoms with Crippen LogP contribution in [0.5, 0.6) is 5.75 Å². The van der Waals surface area contributed by atoms with Crippen LogP contribution in [0.4, 0.5) is 4.79 Å². The van der Waals surface area contributed by atoms with Gasteiger partial charge in [0.15, 0.2) is 0 Å². The number of benzene rings is 2. The number of rotatable bonds is 7. The number of hydrogen-bond acceptors (Lipinski definition) is 5. The molecule has 1 aliphatic rings. The monoisotopic (exact) mass is 454 g/mol. The first kappa shape index (κ1) is 24.1. The molecule has 1 heterocycles. The summed E-state index contributed by atoms with van der Waals surface area (Å²) in [6, 6.07) is 12.9. The van der Waals surface area contributed by atoms with E-state index in [0.29, 0.717) is 12.3 Å². The van der Waals surface area contributed by atoms with E-state index < -0.39 is 35.7 Å². The van der Waals surface area contributed by atoms with Gasteiger partial charge in [0.25, 0.3) is 0 Å². The van der Waals surface area contributed by atoms with Crippen molar-refractivity contribution in [2.45, 2.75) is 57.8 Å². The summed E-state index contributed by atoms with van der Waals surface area (Å²) in [7, 11) is 1.55. The molecule has 0 aliphatic carbocycles. The number of carbonyl (C=O) groups excluding carboxylic acids is 2. The van der Waals surface area contributed by atoms with Crippen LogP contribution in [-0.4, -0.2) is 46.7 Å². The number of ether oxygens (including phenoxy) is 2. The van der Waals surface area contributed by atoms with Gasteiger partial charge >= 0.3 is 12.1 Å². The zero-order valence-electron chi connectivity index (χ0n) is 19.3. The van der Waals surface area contributed by atoms with E-state index >= 15 is 0 Å². The Morgan fingerprint density at radius 1 is 1.12 bits per heavy atom. The first-order valence-corrected chi connectivity index (χ1v) is 10.8. The molecule has 1 unspecified atom stereocenters. The fourth-order valence-electron chi connectivity index (χ4n) is 3.82. The van der Waals surface area contributed by atoms with Crippen molar-refractivity contribution < 1.29 is 29.0 Å². The molecule has 0 saturated heterocycles. The van der Waals surface area contributed by atoms with Crippen molar-refractivity contribution in [1.82, 2.24) is 10.2 Å². The molecular weight excluding hydrogens is 424 g/mol. The molecule has 2 amide bonds. The van der Waals surface area contributed by atoms with Crippen molar-refractivity contribution in [1.29, 1.82) is 0 Å².